The summed E-state index contributed by atoms with van der Waals surface area (Å²) in [6, 6.07) is 7.22. The Balaban J connectivity index is 1.85. The SMILES string of the molecule is CN=C(NCCS(=O)(=O)c1ccc(C(C)(C)C)cc1)NCC1(CCOC)CCC1. The van der Waals surface area contributed by atoms with E-state index in [-0.39, 0.29) is 16.6 Å². The number of nitrogens with zero attached hydrogens (tertiary/aromatic N) is 1. The molecule has 1 aliphatic rings. The van der Waals surface area contributed by atoms with Gasteiger partial charge in [-0.05, 0) is 47.8 Å². The van der Waals surface area contributed by atoms with Crippen molar-refractivity contribution in [3.05, 3.63) is 29.8 Å². The molecule has 1 saturated carbocycles. The van der Waals surface area contributed by atoms with E-state index >= 15 is 0 Å². The van der Waals surface area contributed by atoms with E-state index in [1.807, 2.05) is 12.1 Å². The monoisotopic (exact) mass is 423 g/mol. The van der Waals surface area contributed by atoms with E-state index in [2.05, 4.69) is 36.4 Å². The van der Waals surface area contributed by atoms with E-state index in [0.717, 1.165) is 25.1 Å². The molecule has 0 heterocycles. The molecule has 0 amide bonds. The van der Waals surface area contributed by atoms with Gasteiger partial charge in [0.05, 0.1) is 10.6 Å². The van der Waals surface area contributed by atoms with Crippen LogP contribution in [-0.2, 0) is 20.0 Å². The van der Waals surface area contributed by atoms with Gasteiger partial charge in [-0.25, -0.2) is 8.42 Å². The van der Waals surface area contributed by atoms with Crippen molar-refractivity contribution in [1.82, 2.24) is 10.6 Å². The molecule has 0 spiro atoms. The van der Waals surface area contributed by atoms with Gasteiger partial charge in [-0.3, -0.25) is 4.99 Å². The molecule has 0 aliphatic heterocycles. The number of guanidine groups is 1. The summed E-state index contributed by atoms with van der Waals surface area (Å²) in [6.07, 6.45) is 4.68. The summed E-state index contributed by atoms with van der Waals surface area (Å²) >= 11 is 0. The van der Waals surface area contributed by atoms with Crippen molar-refractivity contribution in [2.24, 2.45) is 10.4 Å². The summed E-state index contributed by atoms with van der Waals surface area (Å²) in [4.78, 5) is 4.59. The van der Waals surface area contributed by atoms with Crippen LogP contribution in [0.5, 0.6) is 0 Å². The molecule has 0 saturated heterocycles. The molecule has 6 nitrogen and oxygen atoms in total. The van der Waals surface area contributed by atoms with Crippen LogP contribution in [0.3, 0.4) is 0 Å². The van der Waals surface area contributed by atoms with Crippen LogP contribution in [-0.4, -0.2) is 54.0 Å². The first-order valence-electron chi connectivity index (χ1n) is 10.4. The predicted octanol–water partition coefficient (Wildman–Crippen LogP) is 3.13. The Kier molecular flexibility index (Phi) is 8.11. The zero-order chi connectivity index (χ0) is 21.5. The third kappa shape index (κ3) is 6.71. The smallest absolute Gasteiger partial charge is 0.191 e. The average Bonchev–Trinajstić information content (AvgIpc) is 2.64. The molecule has 0 radical (unpaired) electrons. The zero-order valence-electron chi connectivity index (χ0n) is 18.5. The Morgan fingerprint density at radius 3 is 2.31 bits per heavy atom. The fourth-order valence-electron chi connectivity index (χ4n) is 3.59. The van der Waals surface area contributed by atoms with E-state index < -0.39 is 9.84 Å². The minimum Gasteiger partial charge on any atom is -0.385 e. The van der Waals surface area contributed by atoms with E-state index in [0.29, 0.717) is 17.4 Å². The van der Waals surface area contributed by atoms with Crippen LogP contribution in [0.1, 0.15) is 52.0 Å². The van der Waals surface area contributed by atoms with Gasteiger partial charge in [-0.15, -0.1) is 0 Å². The molecule has 1 aromatic rings. The number of hydrogen-bond donors (Lipinski definition) is 2. The van der Waals surface area contributed by atoms with Crippen molar-refractivity contribution in [3.63, 3.8) is 0 Å². The minimum absolute atomic E-state index is 0.00304. The third-order valence-electron chi connectivity index (χ3n) is 5.85. The van der Waals surface area contributed by atoms with Crippen LogP contribution in [0.25, 0.3) is 0 Å². The highest BCUT2D eigenvalue weighted by atomic mass is 32.2. The van der Waals surface area contributed by atoms with Gasteiger partial charge in [0.15, 0.2) is 15.8 Å². The Bertz CT molecular complexity index is 777. The van der Waals surface area contributed by atoms with Crippen molar-refractivity contribution < 1.29 is 13.2 Å². The van der Waals surface area contributed by atoms with E-state index in [4.69, 9.17) is 4.74 Å². The van der Waals surface area contributed by atoms with Crippen LogP contribution in [0.2, 0.25) is 0 Å². The minimum atomic E-state index is -3.34. The summed E-state index contributed by atoms with van der Waals surface area (Å²) in [5.41, 5.74) is 1.40. The summed E-state index contributed by atoms with van der Waals surface area (Å²) in [7, 11) is 0.102. The maximum atomic E-state index is 12.6. The Morgan fingerprint density at radius 2 is 1.83 bits per heavy atom. The van der Waals surface area contributed by atoms with E-state index in [1.54, 1.807) is 26.3 Å². The molecule has 0 aromatic heterocycles. The number of benzene rings is 1. The van der Waals surface area contributed by atoms with Crippen molar-refractivity contribution in [1.29, 1.82) is 0 Å². The van der Waals surface area contributed by atoms with Crippen molar-refractivity contribution in [3.8, 4) is 0 Å². The fourth-order valence-corrected chi connectivity index (χ4v) is 4.74. The number of aliphatic imine (C=N–C) groups is 1. The highest BCUT2D eigenvalue weighted by Crippen LogP contribution is 2.43. The number of ether oxygens (including phenoxy) is 1. The van der Waals surface area contributed by atoms with Gasteiger partial charge in [-0.2, -0.15) is 0 Å². The van der Waals surface area contributed by atoms with Crippen LogP contribution in [0.4, 0.5) is 0 Å². The van der Waals surface area contributed by atoms with Crippen LogP contribution in [0.15, 0.2) is 34.2 Å². The number of methoxy groups -OCH3 is 1. The molecule has 1 fully saturated rings. The standard InChI is InChI=1S/C22H37N3O3S/c1-21(2,3)18-7-9-19(10-8-18)29(26,27)16-14-24-20(23-4)25-17-22(11-6-12-22)13-15-28-5/h7-10H,6,11-17H2,1-5H3,(H2,23,24,25). The Hall–Kier alpha value is -1.60. The second-order valence-electron chi connectivity index (χ2n) is 9.04. The highest BCUT2D eigenvalue weighted by molar-refractivity contribution is 7.91. The van der Waals surface area contributed by atoms with Gasteiger partial charge in [-0.1, -0.05) is 39.3 Å². The Morgan fingerprint density at radius 1 is 1.17 bits per heavy atom. The molecular formula is C22H37N3O3S. The number of rotatable bonds is 9. The Labute approximate surface area is 176 Å². The summed E-state index contributed by atoms with van der Waals surface area (Å²) in [5.74, 6) is 0.671. The van der Waals surface area contributed by atoms with Gasteiger partial charge < -0.3 is 15.4 Å². The van der Waals surface area contributed by atoms with Crippen molar-refractivity contribution >= 4 is 15.8 Å². The maximum absolute atomic E-state index is 12.6. The van der Waals surface area contributed by atoms with Gasteiger partial charge in [0, 0.05) is 33.9 Å². The largest absolute Gasteiger partial charge is 0.385 e. The lowest BCUT2D eigenvalue weighted by Gasteiger charge is -2.42. The predicted molar refractivity (Wildman–Crippen MR) is 119 cm³/mol. The van der Waals surface area contributed by atoms with Gasteiger partial charge in [0.1, 0.15) is 0 Å². The molecule has 0 unspecified atom stereocenters. The second kappa shape index (κ2) is 9.94. The summed E-state index contributed by atoms with van der Waals surface area (Å²) in [6.45, 7) is 8.25. The van der Waals surface area contributed by atoms with Gasteiger partial charge in [0.25, 0.3) is 0 Å². The molecule has 2 rings (SSSR count). The van der Waals surface area contributed by atoms with Crippen LogP contribution < -0.4 is 10.6 Å². The fraction of sp³-hybridized carbons (Fsp3) is 0.682. The summed E-state index contributed by atoms with van der Waals surface area (Å²) in [5, 5.41) is 6.50. The quantitative estimate of drug-likeness (QED) is 0.471. The number of nitrogens with one attached hydrogen (secondary N) is 2. The molecule has 0 atom stereocenters. The molecule has 29 heavy (non-hydrogen) atoms. The lowest BCUT2D eigenvalue weighted by atomic mass is 9.67. The molecular weight excluding hydrogens is 386 g/mol. The summed E-state index contributed by atoms with van der Waals surface area (Å²) < 4.78 is 30.5. The number of hydrogen-bond acceptors (Lipinski definition) is 4. The van der Waals surface area contributed by atoms with E-state index in [9.17, 15) is 8.42 Å². The molecule has 7 heteroatoms. The van der Waals surface area contributed by atoms with Crippen molar-refractivity contribution in [2.45, 2.75) is 56.8 Å². The number of sulfone groups is 1. The molecule has 0 bridgehead atoms. The van der Waals surface area contributed by atoms with Gasteiger partial charge >= 0.3 is 0 Å². The normalized spacial score (nSPS) is 16.9. The first kappa shape index (κ1) is 23.7. The average molecular weight is 424 g/mol. The van der Waals surface area contributed by atoms with E-state index in [1.165, 1.54) is 19.3 Å². The van der Waals surface area contributed by atoms with Crippen molar-refractivity contribution in [2.75, 3.05) is 39.6 Å². The van der Waals surface area contributed by atoms with Crippen LogP contribution in [0, 0.1) is 5.41 Å². The lowest BCUT2D eigenvalue weighted by molar-refractivity contribution is 0.0733. The lowest BCUT2D eigenvalue weighted by Crippen LogP contribution is -2.47. The highest BCUT2D eigenvalue weighted by Gasteiger charge is 2.36. The molecule has 1 aliphatic carbocycles. The van der Waals surface area contributed by atoms with Crippen LogP contribution >= 0.6 is 0 Å². The topological polar surface area (TPSA) is 79.8 Å². The molecule has 2 N–H and O–H groups in total. The first-order valence-corrected chi connectivity index (χ1v) is 12.0. The molecule has 164 valence electrons. The molecule has 1 aromatic carbocycles. The maximum Gasteiger partial charge on any atom is 0.191 e. The zero-order valence-corrected chi connectivity index (χ0v) is 19.4. The first-order chi connectivity index (χ1) is 13.6. The van der Waals surface area contributed by atoms with Gasteiger partial charge in [0.2, 0.25) is 0 Å². The second-order valence-corrected chi connectivity index (χ2v) is 11.2. The third-order valence-corrected chi connectivity index (χ3v) is 7.58.